The lowest BCUT2D eigenvalue weighted by molar-refractivity contribution is -0.148. The number of rotatable bonds is 3. The van der Waals surface area contributed by atoms with Crippen molar-refractivity contribution in [2.24, 2.45) is 5.92 Å². The van der Waals surface area contributed by atoms with E-state index in [1.165, 1.54) is 18.2 Å². The highest BCUT2D eigenvalue weighted by atomic mass is 35.5. The summed E-state index contributed by atoms with van der Waals surface area (Å²) in [5.74, 6) is 0.0205. The summed E-state index contributed by atoms with van der Waals surface area (Å²) in [6.45, 7) is 1.75. The molecule has 0 amide bonds. The van der Waals surface area contributed by atoms with Crippen molar-refractivity contribution in [3.8, 4) is 0 Å². The fourth-order valence-electron chi connectivity index (χ4n) is 2.83. The quantitative estimate of drug-likeness (QED) is 0.802. The van der Waals surface area contributed by atoms with E-state index in [1.54, 1.807) is 0 Å². The van der Waals surface area contributed by atoms with Crippen molar-refractivity contribution in [3.63, 3.8) is 0 Å². The Bertz CT molecular complexity index is 484. The Kier molecular flexibility index (Phi) is 5.21. The topological polar surface area (TPSA) is 29.5 Å². The van der Waals surface area contributed by atoms with Crippen molar-refractivity contribution in [2.75, 3.05) is 27.2 Å². The van der Waals surface area contributed by atoms with Crippen molar-refractivity contribution in [1.82, 2.24) is 4.90 Å². The summed E-state index contributed by atoms with van der Waals surface area (Å²) in [5, 5.41) is 0. The van der Waals surface area contributed by atoms with Gasteiger partial charge in [-0.2, -0.15) is 0 Å². The van der Waals surface area contributed by atoms with E-state index < -0.39 is 0 Å². The zero-order valence-corrected chi connectivity index (χ0v) is 12.6. The molecular weight excluding hydrogens is 274 g/mol. The second kappa shape index (κ2) is 6.91. The van der Waals surface area contributed by atoms with Gasteiger partial charge in [0.05, 0.1) is 13.0 Å². The number of nitrogens with zero attached hydrogens (tertiary/aromatic N) is 1. The van der Waals surface area contributed by atoms with E-state index in [4.69, 9.17) is 16.3 Å². The van der Waals surface area contributed by atoms with E-state index >= 15 is 0 Å². The molecular formula is C16H20ClNO2. The van der Waals surface area contributed by atoms with Gasteiger partial charge in [0.2, 0.25) is 0 Å². The van der Waals surface area contributed by atoms with Crippen molar-refractivity contribution >= 4 is 23.6 Å². The van der Waals surface area contributed by atoms with Crippen LogP contribution in [0.15, 0.2) is 29.8 Å². The Morgan fingerprint density at radius 3 is 2.70 bits per heavy atom. The summed E-state index contributed by atoms with van der Waals surface area (Å²) in [6, 6.07) is 8.22. The molecule has 0 N–H and O–H groups in total. The molecule has 108 valence electrons. The molecule has 1 aliphatic rings. The van der Waals surface area contributed by atoms with Crippen LogP contribution in [0.2, 0.25) is 0 Å². The van der Waals surface area contributed by atoms with Crippen LogP contribution < -0.4 is 0 Å². The number of methoxy groups -OCH3 is 1. The van der Waals surface area contributed by atoms with Gasteiger partial charge in [0.15, 0.2) is 0 Å². The Morgan fingerprint density at radius 1 is 1.40 bits per heavy atom. The molecule has 0 radical (unpaired) electrons. The van der Waals surface area contributed by atoms with Gasteiger partial charge < -0.3 is 9.64 Å². The number of hydrogen-bond acceptors (Lipinski definition) is 3. The molecule has 0 spiro atoms. The molecule has 0 saturated carbocycles. The van der Waals surface area contributed by atoms with Crippen LogP contribution in [0, 0.1) is 5.92 Å². The van der Waals surface area contributed by atoms with Gasteiger partial charge in [-0.05, 0) is 43.1 Å². The second-order valence-electron chi connectivity index (χ2n) is 5.25. The smallest absolute Gasteiger partial charge is 0.310 e. The highest BCUT2D eigenvalue weighted by molar-refractivity contribution is 6.27. The highest BCUT2D eigenvalue weighted by Gasteiger charge is 2.34. The van der Waals surface area contributed by atoms with Gasteiger partial charge in [-0.25, -0.2) is 0 Å². The molecule has 1 saturated heterocycles. The van der Waals surface area contributed by atoms with Gasteiger partial charge in [0.25, 0.3) is 0 Å². The maximum atomic E-state index is 12.0. The highest BCUT2D eigenvalue weighted by Crippen LogP contribution is 2.33. The third-order valence-corrected chi connectivity index (χ3v) is 4.07. The number of esters is 1. The van der Waals surface area contributed by atoms with Crippen LogP contribution in [0.1, 0.15) is 23.5 Å². The average molecular weight is 294 g/mol. The number of benzene rings is 1. The van der Waals surface area contributed by atoms with Crippen LogP contribution in [0.5, 0.6) is 0 Å². The molecule has 0 bridgehead atoms. The molecule has 1 aromatic carbocycles. The summed E-state index contributed by atoms with van der Waals surface area (Å²) >= 11 is 5.58. The largest absolute Gasteiger partial charge is 0.469 e. The lowest BCUT2D eigenvalue weighted by Gasteiger charge is -2.35. The summed E-state index contributed by atoms with van der Waals surface area (Å²) < 4.78 is 4.96. The van der Waals surface area contributed by atoms with E-state index in [2.05, 4.69) is 17.0 Å². The first-order valence-electron chi connectivity index (χ1n) is 6.78. The fraction of sp³-hybridized carbons (Fsp3) is 0.438. The minimum Gasteiger partial charge on any atom is -0.469 e. The Morgan fingerprint density at radius 2 is 2.10 bits per heavy atom. The zero-order valence-electron chi connectivity index (χ0n) is 11.9. The molecule has 1 aliphatic heterocycles. The van der Waals surface area contributed by atoms with Crippen LogP contribution in [-0.4, -0.2) is 38.1 Å². The van der Waals surface area contributed by atoms with Crippen molar-refractivity contribution < 1.29 is 9.53 Å². The predicted octanol–water partition coefficient (Wildman–Crippen LogP) is 3.10. The molecule has 2 atom stereocenters. The third kappa shape index (κ3) is 3.41. The lowest BCUT2D eigenvalue weighted by Crippen LogP contribution is -2.41. The molecule has 20 heavy (non-hydrogen) atoms. The monoisotopic (exact) mass is 293 g/mol. The summed E-state index contributed by atoms with van der Waals surface area (Å²) in [5.41, 5.74) is 3.76. The van der Waals surface area contributed by atoms with Crippen LogP contribution in [-0.2, 0) is 9.53 Å². The first kappa shape index (κ1) is 15.1. The normalized spacial score (nSPS) is 23.9. The Balaban J connectivity index is 2.21. The first-order chi connectivity index (χ1) is 9.65. The molecule has 0 unspecified atom stereocenters. The van der Waals surface area contributed by atoms with Gasteiger partial charge in [-0.1, -0.05) is 35.9 Å². The van der Waals surface area contributed by atoms with Gasteiger partial charge in [-0.3, -0.25) is 4.79 Å². The number of halogens is 1. The lowest BCUT2D eigenvalue weighted by atomic mass is 9.80. The van der Waals surface area contributed by atoms with Crippen LogP contribution in [0.3, 0.4) is 0 Å². The summed E-state index contributed by atoms with van der Waals surface area (Å²) in [4.78, 5) is 14.2. The van der Waals surface area contributed by atoms with Gasteiger partial charge in [0.1, 0.15) is 0 Å². The first-order valence-corrected chi connectivity index (χ1v) is 7.22. The number of piperidine rings is 1. The maximum absolute atomic E-state index is 12.0. The van der Waals surface area contributed by atoms with Gasteiger partial charge in [0, 0.05) is 12.1 Å². The van der Waals surface area contributed by atoms with Crippen LogP contribution in [0.25, 0.3) is 6.08 Å². The summed E-state index contributed by atoms with van der Waals surface area (Å²) in [7, 11) is 3.50. The number of carbonyl (C=O) groups is 1. The number of ether oxygens (including phenoxy) is 1. The second-order valence-corrected chi connectivity index (χ2v) is 5.50. The molecule has 2 rings (SSSR count). The van der Waals surface area contributed by atoms with Crippen molar-refractivity contribution in [3.05, 3.63) is 40.9 Å². The molecule has 1 heterocycles. The molecule has 3 nitrogen and oxygen atoms in total. The number of likely N-dealkylation sites (tertiary alicyclic amines) is 1. The van der Waals surface area contributed by atoms with Crippen molar-refractivity contribution in [1.29, 1.82) is 0 Å². The molecule has 0 aliphatic carbocycles. The number of carbonyl (C=O) groups excluding carboxylic acids is 1. The predicted molar refractivity (Wildman–Crippen MR) is 81.7 cm³/mol. The number of hydrogen-bond donors (Lipinski definition) is 0. The molecule has 1 aromatic rings. The van der Waals surface area contributed by atoms with E-state index in [9.17, 15) is 4.79 Å². The minimum atomic E-state index is -0.119. The average Bonchev–Trinajstić information content (AvgIpc) is 2.47. The Hall–Kier alpha value is -1.32. The fourth-order valence-corrected chi connectivity index (χ4v) is 2.98. The molecule has 1 fully saturated rings. The van der Waals surface area contributed by atoms with E-state index in [0.717, 1.165) is 25.1 Å². The van der Waals surface area contributed by atoms with Crippen LogP contribution in [0.4, 0.5) is 0 Å². The zero-order chi connectivity index (χ0) is 14.5. The van der Waals surface area contributed by atoms with Gasteiger partial charge >= 0.3 is 5.97 Å². The van der Waals surface area contributed by atoms with E-state index in [-0.39, 0.29) is 17.8 Å². The molecule has 4 heteroatoms. The van der Waals surface area contributed by atoms with Crippen LogP contribution >= 0.6 is 11.6 Å². The standard InChI is InChI=1S/C16H20ClNO2/c1-18-10-8-14(15(11-18)16(19)20-2)13-5-3-12(4-6-13)7-9-17/h3-7,9,14-15H,8,10-11H2,1-2H3/t14-,15+/m1/s1. The summed E-state index contributed by atoms with van der Waals surface area (Å²) in [6.07, 6.45) is 2.82. The molecule has 0 aromatic heterocycles. The van der Waals surface area contributed by atoms with Gasteiger partial charge in [-0.15, -0.1) is 0 Å². The SMILES string of the molecule is COC(=O)[C@H]1CN(C)CC[C@@H]1c1ccc(C=CCl)cc1. The van der Waals surface area contributed by atoms with E-state index in [0.29, 0.717) is 0 Å². The minimum absolute atomic E-state index is 0.0897. The maximum Gasteiger partial charge on any atom is 0.310 e. The van der Waals surface area contributed by atoms with Crippen molar-refractivity contribution in [2.45, 2.75) is 12.3 Å². The Labute approximate surface area is 125 Å². The van der Waals surface area contributed by atoms with E-state index in [1.807, 2.05) is 25.3 Å². The third-order valence-electron chi connectivity index (χ3n) is 3.94.